The van der Waals surface area contributed by atoms with Crippen LogP contribution in [-0.4, -0.2) is 51.5 Å². The van der Waals surface area contributed by atoms with Crippen molar-refractivity contribution in [3.63, 3.8) is 0 Å². The summed E-state index contributed by atoms with van der Waals surface area (Å²) in [6.07, 6.45) is 2.97. The minimum Gasteiger partial charge on any atom is -0.466 e. The monoisotopic (exact) mass is 295 g/mol. The van der Waals surface area contributed by atoms with Gasteiger partial charge in [0.2, 0.25) is 5.91 Å². The molecule has 2 N–H and O–H groups in total. The van der Waals surface area contributed by atoms with Gasteiger partial charge >= 0.3 is 5.97 Å². The number of nitrogens with two attached hydrogens (primary N) is 1. The van der Waals surface area contributed by atoms with Gasteiger partial charge in [0.15, 0.2) is 0 Å². The average molecular weight is 295 g/mol. The van der Waals surface area contributed by atoms with Crippen LogP contribution in [0.5, 0.6) is 0 Å². The molecule has 0 aromatic carbocycles. The van der Waals surface area contributed by atoms with Gasteiger partial charge in [-0.2, -0.15) is 0 Å². The number of hydrogen-bond acceptors (Lipinski definition) is 6. The molecular weight excluding hydrogens is 274 g/mol. The average Bonchev–Trinajstić information content (AvgIpc) is 2.95. The highest BCUT2D eigenvalue weighted by molar-refractivity contribution is 5.77. The molecule has 2 heterocycles. The molecule has 1 amide bonds. The van der Waals surface area contributed by atoms with Gasteiger partial charge in [-0.25, -0.2) is 4.68 Å². The summed E-state index contributed by atoms with van der Waals surface area (Å²) in [5.74, 6) is -0.275. The third-order valence-electron chi connectivity index (χ3n) is 3.56. The molecule has 0 bridgehead atoms. The van der Waals surface area contributed by atoms with Crippen molar-refractivity contribution in [3.05, 3.63) is 11.9 Å². The summed E-state index contributed by atoms with van der Waals surface area (Å²) in [5, 5.41) is 7.70. The molecule has 0 radical (unpaired) electrons. The van der Waals surface area contributed by atoms with E-state index in [0.29, 0.717) is 44.8 Å². The molecule has 0 aliphatic carbocycles. The molecule has 2 rings (SSSR count). The molecule has 1 aromatic rings. The highest BCUT2D eigenvalue weighted by Crippen LogP contribution is 2.18. The fourth-order valence-corrected chi connectivity index (χ4v) is 2.37. The van der Waals surface area contributed by atoms with Crippen LogP contribution in [0.3, 0.4) is 0 Å². The molecule has 1 aliphatic heterocycles. The Morgan fingerprint density at radius 2 is 2.14 bits per heavy atom. The number of nitrogens with zero attached hydrogens (tertiary/aromatic N) is 4. The summed E-state index contributed by atoms with van der Waals surface area (Å²) in [7, 11) is 0. The number of ether oxygens (including phenoxy) is 1. The van der Waals surface area contributed by atoms with Crippen LogP contribution in [0.2, 0.25) is 0 Å². The summed E-state index contributed by atoms with van der Waals surface area (Å²) < 4.78 is 6.50. The zero-order chi connectivity index (χ0) is 15.2. The quantitative estimate of drug-likeness (QED) is 0.737. The van der Waals surface area contributed by atoms with Gasteiger partial charge in [-0.3, -0.25) is 9.59 Å². The lowest BCUT2D eigenvalue weighted by molar-refractivity contribution is -0.151. The molecule has 116 valence electrons. The van der Waals surface area contributed by atoms with Crippen molar-refractivity contribution in [2.45, 2.75) is 32.9 Å². The van der Waals surface area contributed by atoms with E-state index < -0.39 is 0 Å². The molecule has 1 fully saturated rings. The Kier molecular flexibility index (Phi) is 5.26. The molecule has 8 nitrogen and oxygen atoms in total. The van der Waals surface area contributed by atoms with Gasteiger partial charge in [0.05, 0.1) is 24.4 Å². The van der Waals surface area contributed by atoms with Gasteiger partial charge < -0.3 is 15.4 Å². The van der Waals surface area contributed by atoms with Crippen LogP contribution in [0.1, 0.15) is 25.5 Å². The topological polar surface area (TPSA) is 103 Å². The summed E-state index contributed by atoms with van der Waals surface area (Å²) in [5.41, 5.74) is 6.11. The molecule has 1 saturated heterocycles. The van der Waals surface area contributed by atoms with Gasteiger partial charge in [0, 0.05) is 19.6 Å². The number of amides is 1. The Bertz CT molecular complexity index is 494. The maximum atomic E-state index is 12.2. The molecule has 0 atom stereocenters. The maximum Gasteiger partial charge on any atom is 0.309 e. The van der Waals surface area contributed by atoms with E-state index in [1.54, 1.807) is 18.0 Å². The van der Waals surface area contributed by atoms with Gasteiger partial charge in [-0.15, -0.1) is 5.10 Å². The molecule has 8 heteroatoms. The van der Waals surface area contributed by atoms with E-state index in [2.05, 4.69) is 10.3 Å². The van der Waals surface area contributed by atoms with Gasteiger partial charge in [-0.1, -0.05) is 5.21 Å². The minimum absolute atomic E-state index is 0.0224. The minimum atomic E-state index is -0.159. The van der Waals surface area contributed by atoms with E-state index in [1.165, 1.54) is 4.68 Å². The Morgan fingerprint density at radius 1 is 1.43 bits per heavy atom. The Labute approximate surface area is 123 Å². The SMILES string of the molecule is CCOC(=O)C1CCN(C(=O)Cn2cc(CN)nn2)CC1. The number of rotatable bonds is 5. The van der Waals surface area contributed by atoms with E-state index in [0.717, 1.165) is 0 Å². The van der Waals surface area contributed by atoms with Gasteiger partial charge in [-0.05, 0) is 19.8 Å². The first-order chi connectivity index (χ1) is 10.1. The normalized spacial score (nSPS) is 16.0. The summed E-state index contributed by atoms with van der Waals surface area (Å²) in [6.45, 7) is 3.79. The lowest BCUT2D eigenvalue weighted by atomic mass is 9.97. The zero-order valence-corrected chi connectivity index (χ0v) is 12.2. The van der Waals surface area contributed by atoms with Crippen molar-refractivity contribution in [2.75, 3.05) is 19.7 Å². The lowest BCUT2D eigenvalue weighted by Gasteiger charge is -2.30. The van der Waals surface area contributed by atoms with E-state index in [9.17, 15) is 9.59 Å². The molecule has 0 unspecified atom stereocenters. The predicted molar refractivity (Wildman–Crippen MR) is 73.9 cm³/mol. The molecule has 0 spiro atoms. The molecule has 0 saturated carbocycles. The Balaban J connectivity index is 1.81. The van der Waals surface area contributed by atoms with E-state index in [4.69, 9.17) is 10.5 Å². The number of piperidine rings is 1. The summed E-state index contributed by atoms with van der Waals surface area (Å²) >= 11 is 0. The fraction of sp³-hybridized carbons (Fsp3) is 0.692. The van der Waals surface area contributed by atoms with Crippen LogP contribution in [0, 0.1) is 5.92 Å². The first-order valence-corrected chi connectivity index (χ1v) is 7.17. The first kappa shape index (κ1) is 15.4. The molecule has 21 heavy (non-hydrogen) atoms. The van der Waals surface area contributed by atoms with Gasteiger partial charge in [0.25, 0.3) is 0 Å². The van der Waals surface area contributed by atoms with Crippen LogP contribution < -0.4 is 5.73 Å². The van der Waals surface area contributed by atoms with Crippen molar-refractivity contribution in [3.8, 4) is 0 Å². The number of carbonyl (C=O) groups excluding carboxylic acids is 2. The summed E-state index contributed by atoms with van der Waals surface area (Å²) in [6, 6.07) is 0. The van der Waals surface area contributed by atoms with Crippen LogP contribution in [0.4, 0.5) is 0 Å². The maximum absolute atomic E-state index is 12.2. The number of esters is 1. The van der Waals surface area contributed by atoms with Crippen molar-refractivity contribution in [1.82, 2.24) is 19.9 Å². The number of likely N-dealkylation sites (tertiary alicyclic amines) is 1. The van der Waals surface area contributed by atoms with Crippen molar-refractivity contribution < 1.29 is 14.3 Å². The predicted octanol–water partition coefficient (Wildman–Crippen LogP) is -0.461. The molecule has 1 aromatic heterocycles. The summed E-state index contributed by atoms with van der Waals surface area (Å²) in [4.78, 5) is 25.5. The standard InChI is InChI=1S/C13H21N5O3/c1-2-21-13(20)10-3-5-17(6-4-10)12(19)9-18-8-11(7-14)15-16-18/h8,10H,2-7,9,14H2,1H3. The number of hydrogen-bond donors (Lipinski definition) is 1. The molecule has 1 aliphatic rings. The molecular formula is C13H21N5O3. The van der Waals surface area contributed by atoms with Crippen LogP contribution in [0.15, 0.2) is 6.20 Å². The van der Waals surface area contributed by atoms with Crippen molar-refractivity contribution in [2.24, 2.45) is 11.7 Å². The third-order valence-corrected chi connectivity index (χ3v) is 3.56. The van der Waals surface area contributed by atoms with Crippen LogP contribution in [-0.2, 0) is 27.4 Å². The Morgan fingerprint density at radius 3 is 2.71 bits per heavy atom. The van der Waals surface area contributed by atoms with Crippen molar-refractivity contribution in [1.29, 1.82) is 0 Å². The fourth-order valence-electron chi connectivity index (χ4n) is 2.37. The number of aromatic nitrogens is 3. The van der Waals surface area contributed by atoms with Crippen LogP contribution >= 0.6 is 0 Å². The zero-order valence-electron chi connectivity index (χ0n) is 12.2. The third kappa shape index (κ3) is 4.01. The first-order valence-electron chi connectivity index (χ1n) is 7.17. The second-order valence-electron chi connectivity index (χ2n) is 5.02. The smallest absolute Gasteiger partial charge is 0.309 e. The largest absolute Gasteiger partial charge is 0.466 e. The van der Waals surface area contributed by atoms with E-state index in [-0.39, 0.29) is 24.3 Å². The second kappa shape index (κ2) is 7.16. The Hall–Kier alpha value is -1.96. The number of carbonyl (C=O) groups is 2. The highest BCUT2D eigenvalue weighted by Gasteiger charge is 2.28. The van der Waals surface area contributed by atoms with Gasteiger partial charge in [0.1, 0.15) is 6.54 Å². The van der Waals surface area contributed by atoms with Crippen molar-refractivity contribution >= 4 is 11.9 Å². The van der Waals surface area contributed by atoms with Crippen LogP contribution in [0.25, 0.3) is 0 Å². The second-order valence-corrected chi connectivity index (χ2v) is 5.02. The highest BCUT2D eigenvalue weighted by atomic mass is 16.5. The lowest BCUT2D eigenvalue weighted by Crippen LogP contribution is -2.42. The van der Waals surface area contributed by atoms with E-state index in [1.807, 2.05) is 0 Å². The van der Waals surface area contributed by atoms with E-state index >= 15 is 0 Å².